The van der Waals surface area contributed by atoms with Crippen LogP contribution in [0, 0.1) is 35.5 Å². The van der Waals surface area contributed by atoms with Crippen LogP contribution in [0.4, 0.5) is 0 Å². The first kappa shape index (κ1) is 54.3. The summed E-state index contributed by atoms with van der Waals surface area (Å²) in [6.07, 6.45) is 12.9. The fraction of sp³-hybridized carbons (Fsp3) is 0.750. The Morgan fingerprint density at radius 3 is 2.25 bits per heavy atom. The number of aliphatic hydroxyl groups excluding tert-OH is 2. The Bertz CT molecular complexity index is 1750. The summed E-state index contributed by atoms with van der Waals surface area (Å²) in [5.74, 6) is -4.13. The van der Waals surface area contributed by atoms with E-state index in [9.17, 15) is 34.2 Å². The number of carbonyl (C=O) groups excluding carboxylic acids is 5. The molecule has 3 aliphatic heterocycles. The Labute approximate surface area is 388 Å². The first-order valence-electron chi connectivity index (χ1n) is 24.2. The highest BCUT2D eigenvalue weighted by molar-refractivity contribution is 6.39. The minimum absolute atomic E-state index is 0.0430. The Morgan fingerprint density at radius 1 is 0.846 bits per heavy atom. The highest BCUT2D eigenvalue weighted by Gasteiger charge is 2.51. The molecule has 13 heteroatoms. The van der Waals surface area contributed by atoms with Crippen LogP contribution in [0.1, 0.15) is 132 Å². The second-order valence-electron chi connectivity index (χ2n) is 20.0. The van der Waals surface area contributed by atoms with Crippen LogP contribution in [0.2, 0.25) is 0 Å². The second kappa shape index (κ2) is 25.2. The number of amides is 1. The maximum absolute atomic E-state index is 14.4. The van der Waals surface area contributed by atoms with Gasteiger partial charge in [0.2, 0.25) is 0 Å². The van der Waals surface area contributed by atoms with Gasteiger partial charge >= 0.3 is 5.97 Å². The highest BCUT2D eigenvalue weighted by atomic mass is 16.5. The highest BCUT2D eigenvalue weighted by Crippen LogP contribution is 2.39. The van der Waals surface area contributed by atoms with Gasteiger partial charge in [0.05, 0.1) is 24.4 Å². The summed E-state index contributed by atoms with van der Waals surface area (Å²) < 4.78 is 30.0. The largest absolute Gasteiger partial charge is 0.460 e. The molecule has 366 valence electrons. The molecule has 3 fully saturated rings. The number of carbonyl (C=O) groups is 5. The summed E-state index contributed by atoms with van der Waals surface area (Å²) in [5.41, 5.74) is -0.0596. The zero-order chi connectivity index (χ0) is 48.2. The molecule has 2 bridgehead atoms. The molecule has 1 saturated carbocycles. The van der Waals surface area contributed by atoms with E-state index in [4.69, 9.17) is 23.7 Å². The molecular formula is C52H81NO12. The summed E-state index contributed by atoms with van der Waals surface area (Å²) >= 11 is 0. The van der Waals surface area contributed by atoms with Gasteiger partial charge in [0.25, 0.3) is 11.7 Å². The molecule has 0 aromatic heterocycles. The number of piperidine rings is 1. The predicted octanol–water partition coefficient (Wildman–Crippen LogP) is 7.25. The van der Waals surface area contributed by atoms with Gasteiger partial charge in [-0.15, -0.1) is 0 Å². The molecule has 13 nitrogen and oxygen atoms in total. The summed E-state index contributed by atoms with van der Waals surface area (Å²) in [6, 6.07) is -1.03. The number of cyclic esters (lactones) is 1. The number of ketones is 3. The molecule has 0 aromatic rings. The topological polar surface area (TPSA) is 175 Å². The number of methoxy groups -OCH3 is 3. The summed E-state index contributed by atoms with van der Waals surface area (Å²) in [6.45, 7) is 15.0. The lowest BCUT2D eigenvalue weighted by atomic mass is 9.78. The van der Waals surface area contributed by atoms with Gasteiger partial charge in [0, 0.05) is 52.6 Å². The number of rotatable bonds is 6. The number of fused-ring (bicyclic) bond motifs is 3. The number of allylic oxidation sites excluding steroid dienone is 6. The van der Waals surface area contributed by atoms with E-state index in [-0.39, 0.29) is 66.5 Å². The lowest BCUT2D eigenvalue weighted by molar-refractivity contribution is -0.184. The maximum Gasteiger partial charge on any atom is 0.329 e. The molecule has 0 aromatic carbocycles. The van der Waals surface area contributed by atoms with Gasteiger partial charge in [0.15, 0.2) is 5.78 Å². The molecule has 0 unspecified atom stereocenters. The lowest BCUT2D eigenvalue weighted by Crippen LogP contribution is -2.59. The van der Waals surface area contributed by atoms with E-state index in [1.165, 1.54) is 12.0 Å². The molecule has 65 heavy (non-hydrogen) atoms. The smallest absolute Gasteiger partial charge is 0.329 e. The van der Waals surface area contributed by atoms with Gasteiger partial charge in [0.1, 0.15) is 35.7 Å². The molecule has 3 heterocycles. The van der Waals surface area contributed by atoms with Crippen molar-refractivity contribution in [3.63, 3.8) is 0 Å². The Hall–Kier alpha value is -3.33. The van der Waals surface area contributed by atoms with Crippen LogP contribution in [0.3, 0.4) is 0 Å². The van der Waals surface area contributed by atoms with Gasteiger partial charge in [-0.2, -0.15) is 0 Å². The van der Waals surface area contributed by atoms with E-state index in [2.05, 4.69) is 0 Å². The van der Waals surface area contributed by atoms with Gasteiger partial charge < -0.3 is 38.8 Å². The van der Waals surface area contributed by atoms with Crippen molar-refractivity contribution in [2.45, 2.75) is 187 Å². The molecule has 0 radical (unpaired) electrons. The minimum atomic E-state index is -1.43. The van der Waals surface area contributed by atoms with Crippen molar-refractivity contribution >= 4 is 29.2 Å². The van der Waals surface area contributed by atoms with Crippen LogP contribution in [-0.4, -0.2) is 127 Å². The fourth-order valence-electron chi connectivity index (χ4n) is 10.3. The molecule has 4 aliphatic rings. The van der Waals surface area contributed by atoms with Gasteiger partial charge in [-0.05, 0) is 120 Å². The maximum atomic E-state index is 14.4. The van der Waals surface area contributed by atoms with Crippen LogP contribution >= 0.6 is 0 Å². The van der Waals surface area contributed by atoms with Crippen molar-refractivity contribution in [1.82, 2.24) is 4.90 Å². The van der Waals surface area contributed by atoms with E-state index < -0.39 is 65.6 Å². The molecule has 1 aliphatic carbocycles. The summed E-state index contributed by atoms with van der Waals surface area (Å²) in [7, 11) is 4.61. The number of aliphatic hydroxyl groups is 2. The van der Waals surface area contributed by atoms with Crippen LogP contribution in [0.25, 0.3) is 0 Å². The molecule has 2 saturated heterocycles. The first-order chi connectivity index (χ1) is 30.7. The monoisotopic (exact) mass is 912 g/mol. The quantitative estimate of drug-likeness (QED) is 0.155. The lowest BCUT2D eigenvalue weighted by Gasteiger charge is -2.44. The van der Waals surface area contributed by atoms with Gasteiger partial charge in [-0.1, -0.05) is 71.1 Å². The van der Waals surface area contributed by atoms with Crippen LogP contribution in [-0.2, 0) is 47.7 Å². The van der Waals surface area contributed by atoms with Crippen molar-refractivity contribution in [3.05, 3.63) is 47.6 Å². The normalized spacial score (nSPS) is 40.4. The van der Waals surface area contributed by atoms with E-state index in [1.54, 1.807) is 41.1 Å². The zero-order valence-corrected chi connectivity index (χ0v) is 41.2. The van der Waals surface area contributed by atoms with Gasteiger partial charge in [-0.25, -0.2) is 4.79 Å². The van der Waals surface area contributed by atoms with Crippen LogP contribution in [0.5, 0.6) is 0 Å². The third-order valence-electron chi connectivity index (χ3n) is 14.9. The van der Waals surface area contributed by atoms with Crippen molar-refractivity contribution in [2.24, 2.45) is 35.5 Å². The number of ether oxygens (including phenoxy) is 5. The Kier molecular flexibility index (Phi) is 21.0. The number of hydrogen-bond acceptors (Lipinski definition) is 12. The number of Topliss-reactive ketones (excluding diaryl/α,β-unsaturated/α-hetero) is 3. The van der Waals surface area contributed by atoms with E-state index in [0.29, 0.717) is 69.8 Å². The average molecular weight is 912 g/mol. The number of nitrogens with zero attached hydrogens (tertiary/aromatic N) is 1. The first-order valence-corrected chi connectivity index (χ1v) is 24.2. The Morgan fingerprint density at radius 2 is 1.57 bits per heavy atom. The molecule has 1 amide bonds. The molecule has 4 rings (SSSR count). The molecule has 2 N–H and O–H groups in total. The van der Waals surface area contributed by atoms with Crippen LogP contribution < -0.4 is 0 Å². The standard InChI is InChI=1S/C52H81NO12/c1-31-17-13-12-14-18-32(2)43(61-9)29-39-22-20-37(7)52(8,65-39)49(58)50(59)53-24-16-15-19-40(53)51(60)64-44(34(4)27-38-21-23-41(54)45(28-38)62-10)30-42(55)33(3)26-36(6)47(57)48(63-11)46(56)35(5)25-31/h12-14,17-18,26,31,33-35,37-41,43-45,47-48,54,57H,15-16,19-25,27-30H2,1-11H3/b14-12+,17-13+,32-18+,36-26+/t31-,33-,34-,35-,37-,38+,39+,40+,41-,43+,44+,45-,47-,48+,52-/m1/s1. The average Bonchev–Trinajstić information content (AvgIpc) is 3.28. The third-order valence-corrected chi connectivity index (χ3v) is 14.9. The second-order valence-corrected chi connectivity index (χ2v) is 20.0. The minimum Gasteiger partial charge on any atom is -0.460 e. The molecular weight excluding hydrogens is 831 g/mol. The summed E-state index contributed by atoms with van der Waals surface area (Å²) in [4.78, 5) is 72.4. The molecule has 15 atom stereocenters. The van der Waals surface area contributed by atoms with Crippen LogP contribution in [0.15, 0.2) is 47.6 Å². The predicted molar refractivity (Wildman–Crippen MR) is 249 cm³/mol. The van der Waals surface area contributed by atoms with Crippen molar-refractivity contribution in [1.29, 1.82) is 0 Å². The zero-order valence-electron chi connectivity index (χ0n) is 41.2. The number of esters is 1. The summed E-state index contributed by atoms with van der Waals surface area (Å²) in [5, 5.41) is 21.9. The SMILES string of the molecule is CO[C@H]1C[C@@H]2CC[C@@H](C)[C@@](C)(O2)C(=O)C(=O)N2CCCC[C@H]2C(=O)O[C@H]([C@H](C)C[C@@H]2CC[C@@H](O)[C@H](OC)C2)CC(=O)[C@H](C)/C=C(\C)[C@@H](O)[C@@H](OC)C(=O)[C@H](C)C[C@H](C)/C=C/C=C/C=C/1C. The third kappa shape index (κ3) is 14.3. The molecule has 0 spiro atoms. The Balaban J connectivity index is 1.70. The number of hydrogen-bond donors (Lipinski definition) is 2. The van der Waals surface area contributed by atoms with E-state index >= 15 is 0 Å². The van der Waals surface area contributed by atoms with E-state index in [0.717, 1.165) is 12.0 Å². The van der Waals surface area contributed by atoms with Crippen molar-refractivity contribution < 1.29 is 57.9 Å². The van der Waals surface area contributed by atoms with Crippen molar-refractivity contribution in [2.75, 3.05) is 27.9 Å². The fourth-order valence-corrected chi connectivity index (χ4v) is 10.3. The van der Waals surface area contributed by atoms with E-state index in [1.807, 2.05) is 65.0 Å². The van der Waals surface area contributed by atoms with Crippen molar-refractivity contribution in [3.8, 4) is 0 Å². The van der Waals surface area contributed by atoms with Gasteiger partial charge in [-0.3, -0.25) is 19.2 Å².